The van der Waals surface area contributed by atoms with Crippen LogP contribution in [0.3, 0.4) is 0 Å². The summed E-state index contributed by atoms with van der Waals surface area (Å²) in [5.74, 6) is -1.35. The van der Waals surface area contributed by atoms with Crippen molar-refractivity contribution in [3.63, 3.8) is 0 Å². The lowest BCUT2D eigenvalue weighted by Crippen LogP contribution is -2.42. The van der Waals surface area contributed by atoms with E-state index in [1.165, 1.54) is 13.0 Å². The minimum atomic E-state index is -5.14. The second kappa shape index (κ2) is 12.0. The van der Waals surface area contributed by atoms with Crippen LogP contribution in [0.2, 0.25) is 0 Å². The number of alkyl carbamates (subject to hydrolysis) is 1. The molecule has 1 rings (SSSR count). The van der Waals surface area contributed by atoms with Crippen molar-refractivity contribution in [2.45, 2.75) is 44.4 Å². The van der Waals surface area contributed by atoms with Gasteiger partial charge in [-0.2, -0.15) is 17.5 Å². The topological polar surface area (TPSA) is 145 Å². The Balaban J connectivity index is 3.41. The third kappa shape index (κ3) is 9.52. The lowest BCUT2D eigenvalue weighted by molar-refractivity contribution is -0.387. The van der Waals surface area contributed by atoms with E-state index in [2.05, 4.69) is 10.1 Å². The molecule has 15 heteroatoms. The van der Waals surface area contributed by atoms with Crippen LogP contribution in [-0.4, -0.2) is 67.7 Å². The summed E-state index contributed by atoms with van der Waals surface area (Å²) in [5, 5.41) is 13.5. The molecule has 11 nitrogen and oxygen atoms in total. The fraction of sp³-hybridized carbons (Fsp3) is 0.500. The van der Waals surface area contributed by atoms with Gasteiger partial charge >= 0.3 is 18.2 Å². The SMILES string of the molecule is CCOC(=O)/C=C(\CN(CCNC(=O)OC(C)(C)C)S(=O)(=O)c1ccccc1[N+](=O)[O-])C(F)(F)F. The number of halogens is 3. The maximum absolute atomic E-state index is 13.6. The van der Waals surface area contributed by atoms with Gasteiger partial charge in [0, 0.05) is 31.8 Å². The molecule has 1 aromatic rings. The maximum Gasteiger partial charge on any atom is 0.414 e. The molecule has 0 aromatic heterocycles. The van der Waals surface area contributed by atoms with E-state index in [9.17, 15) is 41.3 Å². The number of esters is 1. The molecule has 0 aliphatic carbocycles. The fourth-order valence-corrected chi connectivity index (χ4v) is 4.16. The Morgan fingerprint density at radius 1 is 1.20 bits per heavy atom. The van der Waals surface area contributed by atoms with Gasteiger partial charge in [0.15, 0.2) is 4.90 Å². The smallest absolute Gasteiger partial charge is 0.414 e. The highest BCUT2D eigenvalue weighted by Crippen LogP contribution is 2.31. The molecule has 1 aromatic carbocycles. The van der Waals surface area contributed by atoms with Gasteiger partial charge in [0.1, 0.15) is 5.60 Å². The molecule has 0 aliphatic rings. The molecule has 0 bridgehead atoms. The van der Waals surface area contributed by atoms with Gasteiger partial charge < -0.3 is 14.8 Å². The van der Waals surface area contributed by atoms with E-state index < -0.39 is 74.6 Å². The van der Waals surface area contributed by atoms with Gasteiger partial charge in [-0.15, -0.1) is 0 Å². The first-order valence-corrected chi connectivity index (χ1v) is 11.6. The van der Waals surface area contributed by atoms with E-state index in [1.54, 1.807) is 20.8 Å². The van der Waals surface area contributed by atoms with Crippen LogP contribution in [0.15, 0.2) is 40.8 Å². The summed E-state index contributed by atoms with van der Waals surface area (Å²) < 4.78 is 77.0. The molecule has 0 radical (unpaired) electrons. The van der Waals surface area contributed by atoms with E-state index in [1.807, 2.05) is 0 Å². The third-order valence-corrected chi connectivity index (χ3v) is 5.89. The Kier molecular flexibility index (Phi) is 10.2. The van der Waals surface area contributed by atoms with Crippen molar-refractivity contribution >= 4 is 27.8 Å². The summed E-state index contributed by atoms with van der Waals surface area (Å²) in [6.45, 7) is 3.22. The first-order chi connectivity index (χ1) is 16.0. The normalized spacial score (nSPS) is 12.9. The predicted octanol–water partition coefficient (Wildman–Crippen LogP) is 3.16. The van der Waals surface area contributed by atoms with E-state index in [0.717, 1.165) is 18.2 Å². The lowest BCUT2D eigenvalue weighted by atomic mass is 10.2. The van der Waals surface area contributed by atoms with Crippen molar-refractivity contribution in [3.8, 4) is 0 Å². The van der Waals surface area contributed by atoms with Gasteiger partial charge in [0.25, 0.3) is 5.69 Å². The number of nitro benzene ring substituents is 1. The van der Waals surface area contributed by atoms with Crippen molar-refractivity contribution in [2.24, 2.45) is 0 Å². The number of hydrogen-bond donors (Lipinski definition) is 1. The van der Waals surface area contributed by atoms with Gasteiger partial charge in [-0.25, -0.2) is 18.0 Å². The quantitative estimate of drug-likeness (QED) is 0.212. The van der Waals surface area contributed by atoms with Gasteiger partial charge in [0.05, 0.1) is 17.1 Å². The van der Waals surface area contributed by atoms with Crippen molar-refractivity contribution in [2.75, 3.05) is 26.2 Å². The molecule has 0 heterocycles. The molecular formula is C20H26F3N3O8S. The summed E-state index contributed by atoms with van der Waals surface area (Å²) in [6, 6.07) is 4.09. The predicted molar refractivity (Wildman–Crippen MR) is 117 cm³/mol. The minimum absolute atomic E-state index is 0.104. The van der Waals surface area contributed by atoms with Gasteiger partial charge in [-0.3, -0.25) is 10.1 Å². The number of rotatable bonds is 10. The molecule has 0 spiro atoms. The number of nitro groups is 1. The fourth-order valence-electron chi connectivity index (χ4n) is 2.58. The highest BCUT2D eigenvalue weighted by Gasteiger charge is 2.39. The zero-order valence-corrected chi connectivity index (χ0v) is 20.2. The Hall–Kier alpha value is -3.20. The number of alkyl halides is 3. The first-order valence-electron chi connectivity index (χ1n) is 10.1. The van der Waals surface area contributed by atoms with Gasteiger partial charge in [0.2, 0.25) is 10.0 Å². The Labute approximate surface area is 200 Å². The zero-order valence-electron chi connectivity index (χ0n) is 19.4. The van der Waals surface area contributed by atoms with Crippen LogP contribution in [0.5, 0.6) is 0 Å². The average Bonchev–Trinajstić information content (AvgIpc) is 2.70. The number of hydrogen-bond acceptors (Lipinski definition) is 8. The zero-order chi connectivity index (χ0) is 27.0. The minimum Gasteiger partial charge on any atom is -0.463 e. The highest BCUT2D eigenvalue weighted by atomic mass is 32.2. The summed E-state index contributed by atoms with van der Waals surface area (Å²) >= 11 is 0. The molecule has 1 amide bonds. The number of carbonyl (C=O) groups is 2. The van der Waals surface area contributed by atoms with E-state index in [-0.39, 0.29) is 17.0 Å². The number of benzene rings is 1. The number of nitrogens with zero attached hydrogens (tertiary/aromatic N) is 2. The number of nitrogens with one attached hydrogen (secondary N) is 1. The molecule has 35 heavy (non-hydrogen) atoms. The van der Waals surface area contributed by atoms with Crippen LogP contribution < -0.4 is 5.32 Å². The number of ether oxygens (including phenoxy) is 2. The highest BCUT2D eigenvalue weighted by molar-refractivity contribution is 7.89. The number of sulfonamides is 1. The summed E-state index contributed by atoms with van der Waals surface area (Å²) in [7, 11) is -4.91. The average molecular weight is 526 g/mol. The Bertz CT molecular complexity index is 1070. The van der Waals surface area contributed by atoms with Crippen molar-refractivity contribution in [3.05, 3.63) is 46.0 Å². The van der Waals surface area contributed by atoms with Crippen molar-refractivity contribution in [1.29, 1.82) is 0 Å². The second-order valence-corrected chi connectivity index (χ2v) is 9.82. The first kappa shape index (κ1) is 29.8. The van der Waals surface area contributed by atoms with Crippen LogP contribution in [0.1, 0.15) is 27.7 Å². The van der Waals surface area contributed by atoms with Crippen LogP contribution in [-0.2, 0) is 24.3 Å². The monoisotopic (exact) mass is 525 g/mol. The number of amides is 1. The molecule has 0 saturated heterocycles. The maximum atomic E-state index is 13.6. The lowest BCUT2D eigenvalue weighted by Gasteiger charge is -2.25. The standard InChI is InChI=1S/C20H26F3N3O8S/c1-5-33-17(27)12-14(20(21,22)23)13-25(11-10-24-18(28)34-19(2,3)4)35(31,32)16-9-7-6-8-15(16)26(29)30/h6-9,12H,5,10-11,13H2,1-4H3,(H,24,28)/b14-12+. The second-order valence-electron chi connectivity index (χ2n) is 7.91. The van der Waals surface area contributed by atoms with Crippen LogP contribution in [0.4, 0.5) is 23.7 Å². The van der Waals surface area contributed by atoms with E-state index >= 15 is 0 Å². The number of para-hydroxylation sites is 1. The summed E-state index contributed by atoms with van der Waals surface area (Å²) in [4.78, 5) is 33.0. The molecule has 1 N–H and O–H groups in total. The number of carbonyl (C=O) groups excluding carboxylic acids is 2. The Morgan fingerprint density at radius 2 is 1.80 bits per heavy atom. The molecule has 0 aliphatic heterocycles. The van der Waals surface area contributed by atoms with Crippen LogP contribution >= 0.6 is 0 Å². The molecule has 0 unspecified atom stereocenters. The summed E-state index contributed by atoms with van der Waals surface area (Å²) in [5.41, 5.74) is -3.33. The van der Waals surface area contributed by atoms with Gasteiger partial charge in [-0.1, -0.05) is 12.1 Å². The van der Waals surface area contributed by atoms with Crippen LogP contribution in [0, 0.1) is 10.1 Å². The van der Waals surface area contributed by atoms with Crippen molar-refractivity contribution < 1.29 is 45.6 Å². The molecular weight excluding hydrogens is 499 g/mol. The molecule has 0 fully saturated rings. The molecule has 0 saturated carbocycles. The largest absolute Gasteiger partial charge is 0.463 e. The van der Waals surface area contributed by atoms with E-state index in [4.69, 9.17) is 4.74 Å². The summed E-state index contributed by atoms with van der Waals surface area (Å²) in [6.07, 6.45) is -5.99. The molecule has 196 valence electrons. The third-order valence-electron chi connectivity index (χ3n) is 4.00. The van der Waals surface area contributed by atoms with E-state index in [0.29, 0.717) is 0 Å². The van der Waals surface area contributed by atoms with Gasteiger partial charge in [-0.05, 0) is 33.8 Å². The Morgan fingerprint density at radius 3 is 2.31 bits per heavy atom. The van der Waals surface area contributed by atoms with Crippen molar-refractivity contribution in [1.82, 2.24) is 9.62 Å². The molecule has 0 atom stereocenters. The van der Waals surface area contributed by atoms with Crippen LogP contribution in [0.25, 0.3) is 0 Å².